The summed E-state index contributed by atoms with van der Waals surface area (Å²) in [5.41, 5.74) is 0.432. The van der Waals surface area contributed by atoms with Crippen LogP contribution in [-0.4, -0.2) is 37.5 Å². The van der Waals surface area contributed by atoms with Crippen molar-refractivity contribution in [2.75, 3.05) is 18.6 Å². The normalized spacial score (nSPS) is 15.2. The van der Waals surface area contributed by atoms with Gasteiger partial charge in [0.25, 0.3) is 11.8 Å². The molecule has 1 aliphatic heterocycles. The Balaban J connectivity index is 1.94. The number of ether oxygens (including phenoxy) is 2. The van der Waals surface area contributed by atoms with Crippen molar-refractivity contribution in [2.45, 2.75) is 0 Å². The number of carbonyl (C=O) groups excluding carboxylic acids is 4. The van der Waals surface area contributed by atoms with Crippen LogP contribution < -0.4 is 24.8 Å². The third-order valence-corrected chi connectivity index (χ3v) is 4.56. The fraction of sp³-hybridized carbons (Fsp3) is 0.100. The second-order valence-corrected chi connectivity index (χ2v) is 6.92. The van der Waals surface area contributed by atoms with Gasteiger partial charge >= 0.3 is 6.03 Å². The van der Waals surface area contributed by atoms with Crippen LogP contribution in [0.5, 0.6) is 11.5 Å². The van der Waals surface area contributed by atoms with Crippen LogP contribution in [0.15, 0.2) is 52.5 Å². The van der Waals surface area contributed by atoms with Crippen molar-refractivity contribution in [1.82, 2.24) is 5.32 Å². The smallest absolute Gasteiger partial charge is 0.335 e. The molecule has 0 radical (unpaired) electrons. The van der Waals surface area contributed by atoms with Crippen LogP contribution in [0.3, 0.4) is 0 Å². The van der Waals surface area contributed by atoms with E-state index in [1.54, 1.807) is 24.3 Å². The minimum absolute atomic E-state index is 0.148. The zero-order chi connectivity index (χ0) is 21.8. The average molecular weight is 474 g/mol. The van der Waals surface area contributed by atoms with E-state index in [1.807, 2.05) is 0 Å². The summed E-state index contributed by atoms with van der Waals surface area (Å²) in [6.07, 6.45) is 1.29. The quantitative estimate of drug-likeness (QED) is 0.494. The number of rotatable bonds is 6. The van der Waals surface area contributed by atoms with E-state index < -0.39 is 30.4 Å². The van der Waals surface area contributed by atoms with Gasteiger partial charge in [-0.2, -0.15) is 0 Å². The van der Waals surface area contributed by atoms with Gasteiger partial charge in [0.05, 0.1) is 18.8 Å². The number of carboxylic acid groups (broad SMARTS) is 1. The van der Waals surface area contributed by atoms with E-state index in [0.29, 0.717) is 11.3 Å². The maximum Gasteiger partial charge on any atom is 0.335 e. The number of amides is 4. The summed E-state index contributed by atoms with van der Waals surface area (Å²) < 4.78 is 11.0. The Labute approximate surface area is 179 Å². The summed E-state index contributed by atoms with van der Waals surface area (Å²) in [6, 6.07) is 9.96. The van der Waals surface area contributed by atoms with E-state index in [1.165, 1.54) is 31.4 Å². The summed E-state index contributed by atoms with van der Waals surface area (Å²) in [6.45, 7) is -0.665. The third-order valence-electron chi connectivity index (χ3n) is 4.03. The van der Waals surface area contributed by atoms with Crippen LogP contribution in [0.1, 0.15) is 5.56 Å². The van der Waals surface area contributed by atoms with Gasteiger partial charge in [-0.1, -0.05) is 22.0 Å². The van der Waals surface area contributed by atoms with Gasteiger partial charge in [0.2, 0.25) is 0 Å². The Bertz CT molecular complexity index is 1060. The fourth-order valence-corrected chi connectivity index (χ4v) is 2.94. The SMILES string of the molecule is COc1cc(/C=C2/C(=O)NC(=O)N(c3ccc(Br)cc3)C2=O)ccc1OCC(=O)[O-]. The molecule has 10 heteroatoms. The Kier molecular flexibility index (Phi) is 6.17. The number of anilines is 1. The molecule has 1 saturated heterocycles. The minimum atomic E-state index is -1.40. The Hall–Kier alpha value is -3.66. The maximum absolute atomic E-state index is 12.9. The number of carbonyl (C=O) groups is 4. The van der Waals surface area contributed by atoms with Crippen molar-refractivity contribution < 1.29 is 33.8 Å². The first-order valence-corrected chi connectivity index (χ1v) is 9.27. The first-order valence-electron chi connectivity index (χ1n) is 8.48. The molecule has 2 aromatic rings. The molecule has 1 N–H and O–H groups in total. The average Bonchev–Trinajstić information content (AvgIpc) is 2.71. The lowest BCUT2D eigenvalue weighted by atomic mass is 10.1. The van der Waals surface area contributed by atoms with Gasteiger partial charge in [-0.15, -0.1) is 0 Å². The fourth-order valence-electron chi connectivity index (χ4n) is 2.68. The highest BCUT2D eigenvalue weighted by Crippen LogP contribution is 2.30. The molecule has 0 aliphatic carbocycles. The van der Waals surface area contributed by atoms with E-state index in [-0.39, 0.29) is 17.1 Å². The monoisotopic (exact) mass is 473 g/mol. The topological polar surface area (TPSA) is 125 Å². The molecule has 4 amide bonds. The zero-order valence-corrected chi connectivity index (χ0v) is 17.1. The molecule has 0 unspecified atom stereocenters. The molecule has 30 heavy (non-hydrogen) atoms. The van der Waals surface area contributed by atoms with Crippen LogP contribution in [0.25, 0.3) is 6.08 Å². The van der Waals surface area contributed by atoms with Gasteiger partial charge in [0, 0.05) is 4.47 Å². The molecule has 0 saturated carbocycles. The van der Waals surface area contributed by atoms with Crippen molar-refractivity contribution in [3.05, 3.63) is 58.1 Å². The molecule has 1 heterocycles. The highest BCUT2D eigenvalue weighted by atomic mass is 79.9. The van der Waals surface area contributed by atoms with Crippen LogP contribution >= 0.6 is 15.9 Å². The van der Waals surface area contributed by atoms with E-state index in [0.717, 1.165) is 9.37 Å². The number of aliphatic carboxylic acids is 1. The third kappa shape index (κ3) is 4.49. The molecule has 1 aliphatic rings. The summed E-state index contributed by atoms with van der Waals surface area (Å²) in [4.78, 5) is 48.8. The number of hydrogen-bond donors (Lipinski definition) is 1. The number of halogens is 1. The molecule has 0 aromatic heterocycles. The molecule has 3 rings (SSSR count). The van der Waals surface area contributed by atoms with Crippen molar-refractivity contribution >= 4 is 51.5 Å². The van der Waals surface area contributed by atoms with E-state index in [9.17, 15) is 24.3 Å². The van der Waals surface area contributed by atoms with Gasteiger partial charge < -0.3 is 19.4 Å². The molecule has 0 spiro atoms. The molecule has 0 atom stereocenters. The lowest BCUT2D eigenvalue weighted by Crippen LogP contribution is -2.54. The predicted molar refractivity (Wildman–Crippen MR) is 107 cm³/mol. The Morgan fingerprint density at radius 3 is 2.47 bits per heavy atom. The van der Waals surface area contributed by atoms with E-state index in [4.69, 9.17) is 9.47 Å². The standard InChI is InChI=1S/C20H15BrN2O7/c1-29-16-9-11(2-7-15(16)30-10-17(24)25)8-14-18(26)22-20(28)23(19(14)27)13-5-3-12(21)4-6-13/h2-9H,10H2,1H3,(H,24,25)(H,22,26,28)/p-1/b14-8-. The summed E-state index contributed by atoms with van der Waals surface area (Å²) in [5.74, 6) is -2.69. The number of hydrogen-bond acceptors (Lipinski definition) is 7. The summed E-state index contributed by atoms with van der Waals surface area (Å²) in [5, 5.41) is 12.7. The lowest BCUT2D eigenvalue weighted by molar-refractivity contribution is -0.307. The number of urea groups is 1. The van der Waals surface area contributed by atoms with Crippen molar-refractivity contribution in [3.8, 4) is 11.5 Å². The molecule has 0 bridgehead atoms. The van der Waals surface area contributed by atoms with Crippen LogP contribution in [0, 0.1) is 0 Å². The number of imide groups is 2. The van der Waals surface area contributed by atoms with Crippen LogP contribution in [-0.2, 0) is 14.4 Å². The lowest BCUT2D eigenvalue weighted by Gasteiger charge is -2.26. The molecule has 154 valence electrons. The summed E-state index contributed by atoms with van der Waals surface area (Å²) in [7, 11) is 1.35. The first kappa shape index (κ1) is 21.1. The number of benzene rings is 2. The van der Waals surface area contributed by atoms with Crippen LogP contribution in [0.4, 0.5) is 10.5 Å². The number of carboxylic acids is 1. The van der Waals surface area contributed by atoms with Gasteiger partial charge in [-0.05, 0) is 48.0 Å². The largest absolute Gasteiger partial charge is 0.546 e. The van der Waals surface area contributed by atoms with Gasteiger partial charge in [0.15, 0.2) is 11.5 Å². The van der Waals surface area contributed by atoms with Crippen LogP contribution in [0.2, 0.25) is 0 Å². The summed E-state index contributed by atoms with van der Waals surface area (Å²) >= 11 is 3.28. The highest BCUT2D eigenvalue weighted by Gasteiger charge is 2.36. The Morgan fingerprint density at radius 1 is 1.13 bits per heavy atom. The number of nitrogens with zero attached hydrogens (tertiary/aromatic N) is 1. The molecule has 2 aromatic carbocycles. The number of methoxy groups -OCH3 is 1. The molecule has 9 nitrogen and oxygen atoms in total. The van der Waals surface area contributed by atoms with Crippen molar-refractivity contribution in [2.24, 2.45) is 0 Å². The Morgan fingerprint density at radius 2 is 1.83 bits per heavy atom. The zero-order valence-electron chi connectivity index (χ0n) is 15.5. The molecular weight excluding hydrogens is 460 g/mol. The number of nitrogens with one attached hydrogen (secondary N) is 1. The van der Waals surface area contributed by atoms with Gasteiger partial charge in [-0.25, -0.2) is 9.69 Å². The maximum atomic E-state index is 12.9. The molecule has 1 fully saturated rings. The predicted octanol–water partition coefficient (Wildman–Crippen LogP) is 1.25. The second kappa shape index (κ2) is 8.78. The second-order valence-electron chi connectivity index (χ2n) is 6.01. The molecular formula is C20H14BrN2O7-. The van der Waals surface area contributed by atoms with E-state index in [2.05, 4.69) is 21.2 Å². The minimum Gasteiger partial charge on any atom is -0.546 e. The first-order chi connectivity index (χ1) is 14.3. The van der Waals surface area contributed by atoms with E-state index >= 15 is 0 Å². The number of barbiturate groups is 1. The van der Waals surface area contributed by atoms with Gasteiger partial charge in [0.1, 0.15) is 12.2 Å². The van der Waals surface area contributed by atoms with Crippen molar-refractivity contribution in [1.29, 1.82) is 0 Å². The van der Waals surface area contributed by atoms with Crippen molar-refractivity contribution in [3.63, 3.8) is 0 Å². The highest BCUT2D eigenvalue weighted by molar-refractivity contribution is 9.10. The van der Waals surface area contributed by atoms with Gasteiger partial charge in [-0.3, -0.25) is 14.9 Å².